The van der Waals surface area contributed by atoms with Crippen molar-refractivity contribution in [1.82, 2.24) is 4.90 Å². The molecule has 1 rings (SSSR count). The molecule has 0 amide bonds. The molecule has 1 aromatic rings. The maximum Gasteiger partial charge on any atom is 0.180 e. The van der Waals surface area contributed by atoms with Crippen molar-refractivity contribution in [2.45, 2.75) is 0 Å². The molecule has 0 aromatic heterocycles. The van der Waals surface area contributed by atoms with Crippen LogP contribution in [0.2, 0.25) is 0 Å². The fraction of sp³-hybridized carbons (Fsp3) is 0.400. The minimum absolute atomic E-state index is 0.106. The van der Waals surface area contributed by atoms with Crippen molar-refractivity contribution in [2.75, 3.05) is 26.3 Å². The summed E-state index contributed by atoms with van der Waals surface area (Å²) in [4.78, 5) is 1.94. The molecule has 3 nitrogen and oxygen atoms in total. The van der Waals surface area contributed by atoms with Gasteiger partial charge in [0.15, 0.2) is 18.8 Å². The Kier molecular flexibility index (Phi) is 4.46. The first-order valence-corrected chi connectivity index (χ1v) is 4.40. The van der Waals surface area contributed by atoms with Gasteiger partial charge in [-0.3, -0.25) is 0 Å². The van der Waals surface area contributed by atoms with E-state index < -0.39 is 0 Å². The van der Waals surface area contributed by atoms with Crippen LogP contribution >= 0.6 is 0 Å². The molecule has 0 atom stereocenters. The summed E-state index contributed by atoms with van der Waals surface area (Å²) in [5, 5.41) is 17.6. The van der Waals surface area contributed by atoms with E-state index in [9.17, 15) is 0 Å². The summed E-state index contributed by atoms with van der Waals surface area (Å²) >= 11 is 0. The van der Waals surface area contributed by atoms with Gasteiger partial charge in [-0.25, -0.2) is 0 Å². The van der Waals surface area contributed by atoms with Crippen LogP contribution < -0.4 is 4.90 Å². The Balaban J connectivity index is 2.64. The summed E-state index contributed by atoms with van der Waals surface area (Å²) in [6.07, 6.45) is 0. The van der Waals surface area contributed by atoms with E-state index in [1.165, 1.54) is 0 Å². The van der Waals surface area contributed by atoms with E-state index >= 15 is 0 Å². The second kappa shape index (κ2) is 5.70. The highest BCUT2D eigenvalue weighted by molar-refractivity contribution is 5.37. The predicted molar refractivity (Wildman–Crippen MR) is 52.1 cm³/mol. The molecule has 0 spiro atoms. The highest BCUT2D eigenvalue weighted by Gasteiger charge is 2.15. The van der Waals surface area contributed by atoms with Crippen LogP contribution in [0.3, 0.4) is 0 Å². The molecule has 3 heteroatoms. The van der Waals surface area contributed by atoms with Gasteiger partial charge in [-0.15, -0.1) is 4.90 Å². The van der Waals surface area contributed by atoms with Crippen molar-refractivity contribution in [3.8, 4) is 0 Å². The number of benzene rings is 1. The summed E-state index contributed by atoms with van der Waals surface area (Å²) in [6, 6.07) is 9.75. The Morgan fingerprint density at radius 1 is 0.923 bits per heavy atom. The van der Waals surface area contributed by atoms with Gasteiger partial charge in [0.1, 0.15) is 0 Å². The molecule has 1 aromatic carbocycles. The fourth-order valence-corrected chi connectivity index (χ4v) is 1.25. The van der Waals surface area contributed by atoms with E-state index in [4.69, 9.17) is 10.2 Å². The van der Waals surface area contributed by atoms with Crippen molar-refractivity contribution < 1.29 is 10.2 Å². The number of aliphatic hydroxyl groups excluding tert-OH is 2. The average molecular weight is 181 g/mol. The molecule has 0 saturated heterocycles. The maximum atomic E-state index is 8.80. The van der Waals surface area contributed by atoms with E-state index in [1.807, 2.05) is 35.2 Å². The van der Waals surface area contributed by atoms with Crippen LogP contribution in [-0.2, 0) is 0 Å². The van der Waals surface area contributed by atoms with Gasteiger partial charge in [0.2, 0.25) is 0 Å². The van der Waals surface area contributed by atoms with Crippen LogP contribution in [0.4, 0.5) is 5.69 Å². The van der Waals surface area contributed by atoms with E-state index in [1.54, 1.807) is 0 Å². The first-order chi connectivity index (χ1) is 6.38. The molecule has 0 aliphatic carbocycles. The monoisotopic (exact) mass is 181 g/mol. The molecule has 0 unspecified atom stereocenters. The smallest absolute Gasteiger partial charge is 0.180 e. The van der Waals surface area contributed by atoms with Crippen molar-refractivity contribution in [3.05, 3.63) is 30.3 Å². The second-order valence-corrected chi connectivity index (χ2v) is 2.77. The van der Waals surface area contributed by atoms with Gasteiger partial charge in [-0.05, 0) is 0 Å². The Morgan fingerprint density at radius 3 is 1.92 bits per heavy atom. The van der Waals surface area contributed by atoms with Crippen LogP contribution in [0.25, 0.3) is 0 Å². The van der Waals surface area contributed by atoms with Gasteiger partial charge in [-0.2, -0.15) is 0 Å². The Hall–Kier alpha value is -0.900. The maximum absolute atomic E-state index is 8.80. The zero-order valence-electron chi connectivity index (χ0n) is 7.56. The fourth-order valence-electron chi connectivity index (χ4n) is 1.25. The molecule has 0 fully saturated rings. The topological polar surface area (TPSA) is 46.4 Å². The van der Waals surface area contributed by atoms with Gasteiger partial charge in [0.05, 0.1) is 13.2 Å². The molecular weight excluding hydrogens is 166 g/mol. The SMILES string of the molecule is OCC[N+](CCO)c1ccccc1. The minimum Gasteiger partial charge on any atom is -0.390 e. The molecule has 13 heavy (non-hydrogen) atoms. The molecule has 0 heterocycles. The third-order valence-corrected chi connectivity index (χ3v) is 1.86. The van der Waals surface area contributed by atoms with Gasteiger partial charge in [-0.1, -0.05) is 18.2 Å². The summed E-state index contributed by atoms with van der Waals surface area (Å²) in [5.74, 6) is 0. The second-order valence-electron chi connectivity index (χ2n) is 2.77. The summed E-state index contributed by atoms with van der Waals surface area (Å²) in [6.45, 7) is 1.33. The van der Waals surface area contributed by atoms with Gasteiger partial charge < -0.3 is 10.2 Å². The van der Waals surface area contributed by atoms with Crippen molar-refractivity contribution in [1.29, 1.82) is 0 Å². The first-order valence-electron chi connectivity index (χ1n) is 4.40. The normalized spacial score (nSPS) is 10.7. The van der Waals surface area contributed by atoms with E-state index in [0.29, 0.717) is 13.1 Å². The average Bonchev–Trinajstić information content (AvgIpc) is 2.19. The molecule has 0 aliphatic heterocycles. The largest absolute Gasteiger partial charge is 0.390 e. The lowest BCUT2D eigenvalue weighted by Gasteiger charge is -2.08. The van der Waals surface area contributed by atoms with E-state index in [-0.39, 0.29) is 13.2 Å². The van der Waals surface area contributed by atoms with Crippen LogP contribution in [0, 0.1) is 0 Å². The lowest BCUT2D eigenvalue weighted by molar-refractivity contribution is 0.242. The molecule has 0 aliphatic rings. The van der Waals surface area contributed by atoms with Gasteiger partial charge in [0, 0.05) is 12.1 Å². The Morgan fingerprint density at radius 2 is 1.46 bits per heavy atom. The van der Waals surface area contributed by atoms with Crippen LogP contribution in [-0.4, -0.2) is 36.5 Å². The highest BCUT2D eigenvalue weighted by atomic mass is 16.3. The lowest BCUT2D eigenvalue weighted by atomic mass is 10.3. The van der Waals surface area contributed by atoms with E-state index in [0.717, 1.165) is 5.69 Å². The van der Waals surface area contributed by atoms with Crippen molar-refractivity contribution in [3.63, 3.8) is 0 Å². The zero-order valence-corrected chi connectivity index (χ0v) is 7.56. The molecule has 0 bridgehead atoms. The number of nitrogens with zero attached hydrogens (tertiary/aromatic N) is 1. The summed E-state index contributed by atoms with van der Waals surface area (Å²) in [5.41, 5.74) is 1.03. The van der Waals surface area contributed by atoms with E-state index in [2.05, 4.69) is 0 Å². The zero-order chi connectivity index (χ0) is 9.52. The number of hydrogen-bond donors (Lipinski definition) is 2. The number of hydrogen-bond acceptors (Lipinski definition) is 3. The molecule has 2 N–H and O–H groups in total. The van der Waals surface area contributed by atoms with Crippen molar-refractivity contribution >= 4 is 5.69 Å². The van der Waals surface area contributed by atoms with Crippen LogP contribution in [0.15, 0.2) is 30.3 Å². The number of anilines is 1. The number of para-hydroxylation sites is 1. The first kappa shape index (κ1) is 10.2. The third kappa shape index (κ3) is 3.14. The highest BCUT2D eigenvalue weighted by Crippen LogP contribution is 2.10. The number of aliphatic hydroxyl groups is 2. The van der Waals surface area contributed by atoms with Gasteiger partial charge in [0.25, 0.3) is 0 Å². The lowest BCUT2D eigenvalue weighted by Crippen LogP contribution is -2.30. The molecular formula is C10H15NO2+. The Labute approximate surface area is 78.2 Å². The summed E-state index contributed by atoms with van der Waals surface area (Å²) in [7, 11) is 0. The summed E-state index contributed by atoms with van der Waals surface area (Å²) < 4.78 is 0. The molecule has 71 valence electrons. The standard InChI is InChI=1S/C10H15NO2/c12-8-6-11(7-9-13)10-4-2-1-3-5-10/h1-5,12-13H,6-9H2/q+1. The van der Waals surface area contributed by atoms with Crippen LogP contribution in [0.5, 0.6) is 0 Å². The van der Waals surface area contributed by atoms with Crippen LogP contribution in [0.1, 0.15) is 0 Å². The Bertz CT molecular complexity index is 220. The molecule has 1 radical (unpaired) electrons. The molecule has 0 saturated carbocycles. The minimum atomic E-state index is 0.106. The number of rotatable bonds is 5. The third-order valence-electron chi connectivity index (χ3n) is 1.86. The predicted octanol–water partition coefficient (Wildman–Crippen LogP) is 0.443. The van der Waals surface area contributed by atoms with Gasteiger partial charge >= 0.3 is 0 Å². The quantitative estimate of drug-likeness (QED) is 0.648. The van der Waals surface area contributed by atoms with Crippen molar-refractivity contribution in [2.24, 2.45) is 0 Å².